The standard InChI is InChI=1S/C25H33N5O4S/c1-6-16(2)27-25(31)23-22(24-26-17(3)14-18(4)30(24)28-23)19-10-11-20(34-5)21(15-19)35(32,33)29-12-8-7-9-13-29/h10-11,14-16H,6-9,12-13H2,1-5H3,(H,27,31)/t16-/m0/s1. The van der Waals surface area contributed by atoms with Crippen LogP contribution in [0, 0.1) is 13.8 Å². The molecule has 0 unspecified atom stereocenters. The van der Waals surface area contributed by atoms with E-state index in [0.717, 1.165) is 37.1 Å². The van der Waals surface area contributed by atoms with Crippen molar-refractivity contribution >= 4 is 21.6 Å². The molecule has 2 aromatic heterocycles. The lowest BCUT2D eigenvalue weighted by atomic mass is 10.0. The summed E-state index contributed by atoms with van der Waals surface area (Å²) in [4.78, 5) is 18.0. The molecule has 9 nitrogen and oxygen atoms in total. The quantitative estimate of drug-likeness (QED) is 0.531. The molecule has 3 aromatic rings. The van der Waals surface area contributed by atoms with E-state index in [1.807, 2.05) is 33.8 Å². The number of nitrogens with zero attached hydrogens (tertiary/aromatic N) is 4. The number of ether oxygens (including phenoxy) is 1. The van der Waals surface area contributed by atoms with Gasteiger partial charge in [0.05, 0.1) is 12.7 Å². The molecule has 1 saturated heterocycles. The fraction of sp³-hybridized carbons (Fsp3) is 0.480. The highest BCUT2D eigenvalue weighted by Gasteiger charge is 2.31. The first kappa shape index (κ1) is 25.1. The number of carbonyl (C=O) groups excluding carboxylic acids is 1. The van der Waals surface area contributed by atoms with E-state index in [9.17, 15) is 13.2 Å². The zero-order valence-electron chi connectivity index (χ0n) is 21.0. The Morgan fingerprint density at radius 1 is 1.17 bits per heavy atom. The number of piperidine rings is 1. The number of carbonyl (C=O) groups is 1. The highest BCUT2D eigenvalue weighted by atomic mass is 32.2. The summed E-state index contributed by atoms with van der Waals surface area (Å²) < 4.78 is 35.8. The van der Waals surface area contributed by atoms with Crippen LogP contribution in [-0.4, -0.2) is 59.5 Å². The van der Waals surface area contributed by atoms with Gasteiger partial charge in [0.15, 0.2) is 11.3 Å². The molecule has 0 saturated carbocycles. The smallest absolute Gasteiger partial charge is 0.272 e. The molecule has 0 bridgehead atoms. The van der Waals surface area contributed by atoms with Gasteiger partial charge in [-0.25, -0.2) is 17.9 Å². The van der Waals surface area contributed by atoms with Gasteiger partial charge in [-0.2, -0.15) is 9.40 Å². The third-order valence-corrected chi connectivity index (χ3v) is 8.41. The molecular formula is C25H33N5O4S. The minimum absolute atomic E-state index is 0.0399. The summed E-state index contributed by atoms with van der Waals surface area (Å²) in [5, 5.41) is 7.57. The van der Waals surface area contributed by atoms with Gasteiger partial charge in [0.25, 0.3) is 5.91 Å². The Hall–Kier alpha value is -2.98. The van der Waals surface area contributed by atoms with E-state index < -0.39 is 10.0 Å². The number of fused-ring (bicyclic) bond motifs is 1. The summed E-state index contributed by atoms with van der Waals surface area (Å²) in [5.74, 6) is -0.0603. The Morgan fingerprint density at radius 2 is 1.89 bits per heavy atom. The second-order valence-electron chi connectivity index (χ2n) is 9.11. The molecule has 1 amide bonds. The Bertz CT molecular complexity index is 1360. The Labute approximate surface area is 206 Å². The van der Waals surface area contributed by atoms with Gasteiger partial charge in [-0.1, -0.05) is 19.4 Å². The van der Waals surface area contributed by atoms with Gasteiger partial charge in [-0.15, -0.1) is 0 Å². The number of hydrogen-bond acceptors (Lipinski definition) is 6. The zero-order valence-corrected chi connectivity index (χ0v) is 21.8. The van der Waals surface area contributed by atoms with E-state index in [2.05, 4.69) is 15.4 Å². The van der Waals surface area contributed by atoms with Crippen molar-refractivity contribution in [1.82, 2.24) is 24.2 Å². The predicted molar refractivity (Wildman–Crippen MR) is 134 cm³/mol. The molecule has 188 valence electrons. The number of rotatable bonds is 7. The van der Waals surface area contributed by atoms with Crippen LogP contribution in [0.1, 0.15) is 61.4 Å². The van der Waals surface area contributed by atoms with Crippen molar-refractivity contribution in [3.05, 3.63) is 41.3 Å². The normalized spacial score (nSPS) is 15.8. The van der Waals surface area contributed by atoms with Gasteiger partial charge in [0.2, 0.25) is 10.0 Å². The molecule has 4 rings (SSSR count). The van der Waals surface area contributed by atoms with Gasteiger partial charge in [0, 0.05) is 30.5 Å². The van der Waals surface area contributed by atoms with Gasteiger partial charge < -0.3 is 10.1 Å². The van der Waals surface area contributed by atoms with Gasteiger partial charge in [-0.05, 0) is 63.8 Å². The lowest BCUT2D eigenvalue weighted by molar-refractivity contribution is 0.0934. The second-order valence-corrected chi connectivity index (χ2v) is 11.0. The van der Waals surface area contributed by atoms with Crippen LogP contribution in [0.25, 0.3) is 16.8 Å². The van der Waals surface area contributed by atoms with Crippen molar-refractivity contribution in [2.45, 2.75) is 64.3 Å². The molecule has 1 aliphatic rings. The number of nitrogens with one attached hydrogen (secondary N) is 1. The third-order valence-electron chi connectivity index (χ3n) is 6.49. The van der Waals surface area contributed by atoms with Crippen molar-refractivity contribution in [2.75, 3.05) is 20.2 Å². The minimum Gasteiger partial charge on any atom is -0.495 e. The predicted octanol–water partition coefficient (Wildman–Crippen LogP) is 3.72. The van der Waals surface area contributed by atoms with E-state index in [1.54, 1.807) is 22.7 Å². The number of aryl methyl sites for hydroxylation is 2. The molecule has 1 aliphatic heterocycles. The molecule has 0 aliphatic carbocycles. The number of methoxy groups -OCH3 is 1. The van der Waals surface area contributed by atoms with E-state index in [-0.39, 0.29) is 28.3 Å². The molecular weight excluding hydrogens is 466 g/mol. The Kier molecular flexibility index (Phi) is 7.14. The van der Waals surface area contributed by atoms with Crippen molar-refractivity contribution in [3.63, 3.8) is 0 Å². The first-order chi connectivity index (χ1) is 16.7. The van der Waals surface area contributed by atoms with E-state index in [1.165, 1.54) is 11.4 Å². The lowest BCUT2D eigenvalue weighted by Gasteiger charge is -2.26. The van der Waals surface area contributed by atoms with E-state index >= 15 is 0 Å². The third kappa shape index (κ3) is 4.77. The van der Waals surface area contributed by atoms with Crippen LogP contribution in [0.15, 0.2) is 29.2 Å². The van der Waals surface area contributed by atoms with Crippen LogP contribution in [0.3, 0.4) is 0 Å². The van der Waals surface area contributed by atoms with Crippen LogP contribution >= 0.6 is 0 Å². The number of sulfonamides is 1. The van der Waals surface area contributed by atoms with Gasteiger partial charge >= 0.3 is 0 Å². The molecule has 0 radical (unpaired) electrons. The maximum atomic E-state index is 13.6. The molecule has 1 atom stereocenters. The van der Waals surface area contributed by atoms with Crippen molar-refractivity contribution < 1.29 is 17.9 Å². The SMILES string of the molecule is CC[C@H](C)NC(=O)c1nn2c(C)cc(C)nc2c1-c1ccc(OC)c(S(=O)(=O)N2CCCCC2)c1. The first-order valence-electron chi connectivity index (χ1n) is 12.0. The van der Waals surface area contributed by atoms with Crippen molar-refractivity contribution in [3.8, 4) is 16.9 Å². The maximum absolute atomic E-state index is 13.6. The highest BCUT2D eigenvalue weighted by Crippen LogP contribution is 2.36. The number of amides is 1. The summed E-state index contributed by atoms with van der Waals surface area (Å²) >= 11 is 0. The minimum atomic E-state index is -3.78. The topological polar surface area (TPSA) is 106 Å². The zero-order chi connectivity index (χ0) is 25.3. The van der Waals surface area contributed by atoms with Crippen LogP contribution in [0.5, 0.6) is 5.75 Å². The monoisotopic (exact) mass is 499 g/mol. The fourth-order valence-electron chi connectivity index (χ4n) is 4.42. The number of aromatic nitrogens is 3. The second kappa shape index (κ2) is 9.94. The average molecular weight is 500 g/mol. The molecule has 10 heteroatoms. The average Bonchev–Trinajstić information content (AvgIpc) is 3.24. The summed E-state index contributed by atoms with van der Waals surface area (Å²) in [6.45, 7) is 8.66. The summed E-state index contributed by atoms with van der Waals surface area (Å²) in [7, 11) is -2.33. The van der Waals surface area contributed by atoms with Crippen LogP contribution < -0.4 is 10.1 Å². The summed E-state index contributed by atoms with van der Waals surface area (Å²) in [5.41, 5.74) is 3.35. The van der Waals surface area contributed by atoms with Crippen LogP contribution in [0.4, 0.5) is 0 Å². The first-order valence-corrected chi connectivity index (χ1v) is 13.5. The summed E-state index contributed by atoms with van der Waals surface area (Å²) in [6.07, 6.45) is 3.45. The van der Waals surface area contributed by atoms with Crippen molar-refractivity contribution in [2.24, 2.45) is 0 Å². The van der Waals surface area contributed by atoms with Crippen LogP contribution in [0.2, 0.25) is 0 Å². The molecule has 35 heavy (non-hydrogen) atoms. The fourth-order valence-corrected chi connectivity index (χ4v) is 6.12. The maximum Gasteiger partial charge on any atom is 0.272 e. The molecule has 1 aromatic carbocycles. The van der Waals surface area contributed by atoms with Crippen molar-refractivity contribution in [1.29, 1.82) is 0 Å². The number of hydrogen-bond donors (Lipinski definition) is 1. The van der Waals surface area contributed by atoms with Crippen LogP contribution in [-0.2, 0) is 10.0 Å². The van der Waals surface area contributed by atoms with E-state index in [0.29, 0.717) is 29.9 Å². The largest absolute Gasteiger partial charge is 0.495 e. The van der Waals surface area contributed by atoms with Gasteiger partial charge in [0.1, 0.15) is 10.6 Å². The molecule has 1 N–H and O–H groups in total. The highest BCUT2D eigenvalue weighted by molar-refractivity contribution is 7.89. The lowest BCUT2D eigenvalue weighted by Crippen LogP contribution is -2.35. The molecule has 1 fully saturated rings. The number of benzene rings is 1. The van der Waals surface area contributed by atoms with E-state index in [4.69, 9.17) is 4.74 Å². The Balaban J connectivity index is 1.94. The van der Waals surface area contributed by atoms with Gasteiger partial charge in [-0.3, -0.25) is 4.79 Å². The molecule has 3 heterocycles. The Morgan fingerprint density at radius 3 is 2.54 bits per heavy atom. The summed E-state index contributed by atoms with van der Waals surface area (Å²) in [6, 6.07) is 6.82. The molecule has 0 spiro atoms.